The number of aromatic nitrogens is 2. The largest absolute Gasteiger partial charge is 0.491 e. The second-order valence-corrected chi connectivity index (χ2v) is 8.91. The maximum Gasteiger partial charge on any atom is 0.491 e. The van der Waals surface area contributed by atoms with E-state index in [1.807, 2.05) is 19.9 Å². The van der Waals surface area contributed by atoms with Crippen LogP contribution in [0.25, 0.3) is 16.6 Å². The number of nitrogens with zero attached hydrogens (tertiary/aromatic N) is 4. The Morgan fingerprint density at radius 1 is 1.08 bits per heavy atom. The fraction of sp³-hybridized carbons (Fsp3) is 0.185. The van der Waals surface area contributed by atoms with Gasteiger partial charge in [-0.1, -0.05) is 26.0 Å². The Morgan fingerprint density at radius 2 is 1.74 bits per heavy atom. The summed E-state index contributed by atoms with van der Waals surface area (Å²) in [6, 6.07) is 15.1. The minimum absolute atomic E-state index is 0.0323. The topological polar surface area (TPSA) is 117 Å². The fourth-order valence-electron chi connectivity index (χ4n) is 3.79. The normalized spacial score (nSPS) is 12.3. The van der Waals surface area contributed by atoms with Crippen LogP contribution in [0.5, 0.6) is 0 Å². The highest BCUT2D eigenvalue weighted by Crippen LogP contribution is 2.32. The average Bonchev–Trinajstić information content (AvgIpc) is 3.31. The van der Waals surface area contributed by atoms with Crippen molar-refractivity contribution >= 4 is 28.7 Å². The zero-order valence-electron chi connectivity index (χ0n) is 20.4. The molecule has 4 rings (SSSR count). The molecule has 8 nitrogen and oxygen atoms in total. The Labute approximate surface area is 216 Å². The number of anilines is 2. The molecule has 0 radical (unpaired) electrons. The third kappa shape index (κ3) is 5.35. The van der Waals surface area contributed by atoms with Crippen LogP contribution >= 0.6 is 0 Å². The smallest absolute Gasteiger partial charge is 0.325 e. The number of amides is 2. The Hall–Kier alpha value is -4.69. The van der Waals surface area contributed by atoms with E-state index in [-0.39, 0.29) is 27.9 Å². The first-order chi connectivity index (χ1) is 18.0. The summed E-state index contributed by atoms with van der Waals surface area (Å²) in [7, 11) is 0. The Kier molecular flexibility index (Phi) is 7.19. The summed E-state index contributed by atoms with van der Waals surface area (Å²) in [4.78, 5) is 25.0. The molecule has 0 aliphatic heterocycles. The average molecular weight is 521 g/mol. The number of nitriles is 1. The summed E-state index contributed by atoms with van der Waals surface area (Å²) in [6.45, 7) is 3.69. The fourth-order valence-corrected chi connectivity index (χ4v) is 3.79. The molecule has 0 fully saturated rings. The van der Waals surface area contributed by atoms with E-state index in [4.69, 9.17) is 11.0 Å². The number of alkyl halides is 3. The number of halogens is 3. The maximum atomic E-state index is 13.9. The Morgan fingerprint density at radius 3 is 2.32 bits per heavy atom. The number of benzene rings is 2. The van der Waals surface area contributed by atoms with E-state index in [0.29, 0.717) is 22.3 Å². The van der Waals surface area contributed by atoms with Gasteiger partial charge in [-0.05, 0) is 60.0 Å². The van der Waals surface area contributed by atoms with Crippen molar-refractivity contribution in [1.82, 2.24) is 9.61 Å². The van der Waals surface area contributed by atoms with Crippen molar-refractivity contribution in [2.75, 3.05) is 10.2 Å². The lowest BCUT2D eigenvalue weighted by Crippen LogP contribution is -2.43. The molecule has 0 bridgehead atoms. The first-order valence-electron chi connectivity index (χ1n) is 11.6. The molecule has 38 heavy (non-hydrogen) atoms. The molecule has 2 heterocycles. The van der Waals surface area contributed by atoms with Gasteiger partial charge in [0.2, 0.25) is 5.91 Å². The van der Waals surface area contributed by atoms with Crippen LogP contribution in [0.1, 0.15) is 29.8 Å². The van der Waals surface area contributed by atoms with Gasteiger partial charge >= 0.3 is 6.30 Å². The predicted octanol–water partition coefficient (Wildman–Crippen LogP) is 4.96. The van der Waals surface area contributed by atoms with Crippen LogP contribution in [0.4, 0.5) is 24.5 Å². The van der Waals surface area contributed by atoms with E-state index >= 15 is 0 Å². The molecule has 194 valence electrons. The monoisotopic (exact) mass is 520 g/mol. The molecule has 0 aliphatic rings. The SMILES string of the molecule is CC(C)C(N)C(=O)Nc1ccc(-c2cnn3ccc(C(=O)N(c4ccc(C#N)cc4)C(F)(F)F)cc23)cc1. The maximum absolute atomic E-state index is 13.9. The summed E-state index contributed by atoms with van der Waals surface area (Å²) >= 11 is 0. The van der Waals surface area contributed by atoms with Gasteiger partial charge in [0.15, 0.2) is 0 Å². The number of carbonyl (C=O) groups is 2. The molecule has 11 heteroatoms. The lowest BCUT2D eigenvalue weighted by Gasteiger charge is -2.25. The quantitative estimate of drug-likeness (QED) is 0.349. The third-order valence-corrected chi connectivity index (χ3v) is 5.96. The van der Waals surface area contributed by atoms with Gasteiger partial charge in [-0.3, -0.25) is 9.59 Å². The molecular weight excluding hydrogens is 497 g/mol. The van der Waals surface area contributed by atoms with E-state index in [0.717, 1.165) is 12.1 Å². The number of rotatable bonds is 6. The molecule has 1 atom stereocenters. The van der Waals surface area contributed by atoms with Gasteiger partial charge in [-0.15, -0.1) is 13.2 Å². The highest BCUT2D eigenvalue weighted by Gasteiger charge is 2.42. The number of nitrogens with two attached hydrogens (primary N) is 1. The van der Waals surface area contributed by atoms with Gasteiger partial charge in [0, 0.05) is 23.0 Å². The summed E-state index contributed by atoms with van der Waals surface area (Å²) in [6.07, 6.45) is -2.06. The molecule has 1 unspecified atom stereocenters. The number of carbonyl (C=O) groups excluding carboxylic acids is 2. The van der Waals surface area contributed by atoms with Crippen LogP contribution in [-0.4, -0.2) is 33.8 Å². The second kappa shape index (κ2) is 10.4. The van der Waals surface area contributed by atoms with Gasteiger partial charge in [-0.25, -0.2) is 9.42 Å². The summed E-state index contributed by atoms with van der Waals surface area (Å²) in [5, 5.41) is 15.9. The summed E-state index contributed by atoms with van der Waals surface area (Å²) in [5.74, 6) is -1.63. The van der Waals surface area contributed by atoms with Crippen molar-refractivity contribution in [2.24, 2.45) is 11.7 Å². The van der Waals surface area contributed by atoms with E-state index < -0.39 is 23.9 Å². The van der Waals surface area contributed by atoms with Crippen molar-refractivity contribution in [3.8, 4) is 17.2 Å². The van der Waals surface area contributed by atoms with Gasteiger partial charge in [-0.2, -0.15) is 10.4 Å². The third-order valence-electron chi connectivity index (χ3n) is 5.96. The standard InChI is InChI=1S/C27H23F3N6O2/c1-16(2)24(32)25(37)34-20-7-5-18(6-8-20)22-15-33-35-12-11-19(13-23(22)35)26(38)36(27(28,29)30)21-9-3-17(14-31)4-10-21/h3-13,15-16,24H,32H2,1-2H3,(H,34,37). The minimum atomic E-state index is -5.00. The summed E-state index contributed by atoms with van der Waals surface area (Å²) < 4.78 is 43.2. The zero-order valence-corrected chi connectivity index (χ0v) is 20.4. The first kappa shape index (κ1) is 26.4. The van der Waals surface area contributed by atoms with Crippen LogP contribution in [0, 0.1) is 17.2 Å². The number of hydrogen-bond donors (Lipinski definition) is 2. The molecule has 0 spiro atoms. The number of nitrogens with one attached hydrogen (secondary N) is 1. The van der Waals surface area contributed by atoms with E-state index in [1.165, 1.54) is 41.2 Å². The van der Waals surface area contributed by atoms with Crippen molar-refractivity contribution in [2.45, 2.75) is 26.2 Å². The van der Waals surface area contributed by atoms with E-state index in [1.54, 1.807) is 24.3 Å². The van der Waals surface area contributed by atoms with Crippen LogP contribution in [0.2, 0.25) is 0 Å². The van der Waals surface area contributed by atoms with E-state index in [2.05, 4.69) is 10.4 Å². The molecule has 2 aromatic carbocycles. The zero-order chi connectivity index (χ0) is 27.6. The summed E-state index contributed by atoms with van der Waals surface area (Å²) in [5.41, 5.74) is 7.63. The number of fused-ring (bicyclic) bond motifs is 1. The van der Waals surface area contributed by atoms with Crippen LogP contribution in [0.3, 0.4) is 0 Å². The molecule has 0 saturated carbocycles. The first-order valence-corrected chi connectivity index (χ1v) is 11.6. The predicted molar refractivity (Wildman–Crippen MR) is 136 cm³/mol. The van der Waals surface area contributed by atoms with Gasteiger partial charge < -0.3 is 11.1 Å². The van der Waals surface area contributed by atoms with Gasteiger partial charge in [0.1, 0.15) is 0 Å². The molecule has 0 saturated heterocycles. The van der Waals surface area contributed by atoms with E-state index in [9.17, 15) is 22.8 Å². The lowest BCUT2D eigenvalue weighted by atomic mass is 10.0. The molecule has 3 N–H and O–H groups in total. The van der Waals surface area contributed by atoms with Crippen molar-refractivity contribution in [1.29, 1.82) is 5.26 Å². The highest BCUT2D eigenvalue weighted by molar-refractivity contribution is 6.07. The second-order valence-electron chi connectivity index (χ2n) is 8.91. The van der Waals surface area contributed by atoms with Crippen molar-refractivity contribution in [3.05, 3.63) is 84.2 Å². The Balaban J connectivity index is 1.65. The van der Waals surface area contributed by atoms with Crippen LogP contribution in [0.15, 0.2) is 73.1 Å². The van der Waals surface area contributed by atoms with Crippen LogP contribution in [-0.2, 0) is 4.79 Å². The molecule has 0 aliphatic carbocycles. The number of pyridine rings is 1. The van der Waals surface area contributed by atoms with Crippen LogP contribution < -0.4 is 16.0 Å². The molecule has 2 amide bonds. The molecule has 4 aromatic rings. The van der Waals surface area contributed by atoms with Crippen molar-refractivity contribution in [3.63, 3.8) is 0 Å². The number of hydrogen-bond acceptors (Lipinski definition) is 5. The Bertz CT molecular complexity index is 1520. The van der Waals surface area contributed by atoms with Crippen molar-refractivity contribution < 1.29 is 22.8 Å². The minimum Gasteiger partial charge on any atom is -0.325 e. The molecular formula is C27H23F3N6O2. The molecule has 2 aromatic heterocycles. The van der Waals surface area contributed by atoms with Gasteiger partial charge in [0.25, 0.3) is 5.91 Å². The lowest BCUT2D eigenvalue weighted by molar-refractivity contribution is -0.122. The highest BCUT2D eigenvalue weighted by atomic mass is 19.4. The van der Waals surface area contributed by atoms with Gasteiger partial charge in [0.05, 0.1) is 35.1 Å².